The second-order valence-electron chi connectivity index (χ2n) is 5.87. The molecule has 1 aromatic carbocycles. The van der Waals surface area contributed by atoms with Crippen LogP contribution in [0.3, 0.4) is 0 Å². The number of aliphatic carboxylic acids is 1. The van der Waals surface area contributed by atoms with Crippen molar-refractivity contribution in [3.05, 3.63) is 45.7 Å². The van der Waals surface area contributed by atoms with E-state index in [0.29, 0.717) is 5.56 Å². The first-order chi connectivity index (χ1) is 11.2. The highest BCUT2D eigenvalue weighted by Crippen LogP contribution is 2.23. The van der Waals surface area contributed by atoms with Gasteiger partial charge in [0.1, 0.15) is 0 Å². The standard InChI is InChI=1S/C17H20BrN3O3/c1-10(17(23)24)9-20(4)16(22)13-5-7-14(8-6-13)21-12(3)15(18)11(2)19-21/h5-8,10H,9H2,1-4H3,(H,23,24). The highest BCUT2D eigenvalue weighted by atomic mass is 79.9. The fourth-order valence-corrected chi connectivity index (χ4v) is 2.66. The molecule has 7 heteroatoms. The molecule has 2 rings (SSSR count). The van der Waals surface area contributed by atoms with E-state index in [4.69, 9.17) is 5.11 Å². The molecule has 24 heavy (non-hydrogen) atoms. The molecule has 0 saturated carbocycles. The molecule has 0 aliphatic carbocycles. The van der Waals surface area contributed by atoms with Crippen LogP contribution in [0.2, 0.25) is 0 Å². The minimum absolute atomic E-state index is 0.167. The highest BCUT2D eigenvalue weighted by Gasteiger charge is 2.19. The van der Waals surface area contributed by atoms with Gasteiger partial charge in [-0.1, -0.05) is 6.92 Å². The summed E-state index contributed by atoms with van der Waals surface area (Å²) in [6, 6.07) is 7.11. The predicted molar refractivity (Wildman–Crippen MR) is 94.5 cm³/mol. The van der Waals surface area contributed by atoms with Crippen LogP contribution in [0.4, 0.5) is 0 Å². The summed E-state index contributed by atoms with van der Waals surface area (Å²) in [5, 5.41) is 13.4. The van der Waals surface area contributed by atoms with Gasteiger partial charge >= 0.3 is 5.97 Å². The van der Waals surface area contributed by atoms with Gasteiger partial charge in [-0.25, -0.2) is 4.68 Å². The second-order valence-corrected chi connectivity index (χ2v) is 6.66. The maximum Gasteiger partial charge on any atom is 0.308 e. The molecule has 2 aromatic rings. The maximum atomic E-state index is 12.4. The number of hydrogen-bond donors (Lipinski definition) is 1. The molecule has 0 saturated heterocycles. The Morgan fingerprint density at radius 2 is 1.88 bits per heavy atom. The molecule has 0 bridgehead atoms. The second kappa shape index (κ2) is 7.17. The zero-order chi connectivity index (χ0) is 18.0. The first kappa shape index (κ1) is 18.2. The number of carbonyl (C=O) groups is 2. The zero-order valence-corrected chi connectivity index (χ0v) is 15.7. The topological polar surface area (TPSA) is 75.4 Å². The lowest BCUT2D eigenvalue weighted by Gasteiger charge is -2.19. The molecule has 0 aliphatic heterocycles. The van der Waals surface area contributed by atoms with Gasteiger partial charge in [-0.3, -0.25) is 9.59 Å². The summed E-state index contributed by atoms with van der Waals surface area (Å²) in [5.41, 5.74) is 3.26. The zero-order valence-electron chi connectivity index (χ0n) is 14.1. The Bertz CT molecular complexity index is 768. The summed E-state index contributed by atoms with van der Waals surface area (Å²) in [6.45, 7) is 5.63. The first-order valence-corrected chi connectivity index (χ1v) is 8.32. The van der Waals surface area contributed by atoms with Crippen molar-refractivity contribution < 1.29 is 14.7 Å². The van der Waals surface area contributed by atoms with E-state index < -0.39 is 11.9 Å². The summed E-state index contributed by atoms with van der Waals surface area (Å²) in [7, 11) is 1.60. The van der Waals surface area contributed by atoms with E-state index in [9.17, 15) is 9.59 Å². The number of carbonyl (C=O) groups excluding carboxylic acids is 1. The van der Waals surface area contributed by atoms with Gasteiger partial charge in [-0.05, 0) is 54.0 Å². The normalized spacial score (nSPS) is 12.0. The summed E-state index contributed by atoms with van der Waals surface area (Å²) in [4.78, 5) is 24.7. The minimum Gasteiger partial charge on any atom is -0.481 e. The number of aryl methyl sites for hydroxylation is 1. The number of benzene rings is 1. The third kappa shape index (κ3) is 3.67. The smallest absolute Gasteiger partial charge is 0.308 e. The number of nitrogens with zero attached hydrogens (tertiary/aromatic N) is 3. The average Bonchev–Trinajstić information content (AvgIpc) is 2.81. The van der Waals surface area contributed by atoms with Crippen molar-refractivity contribution in [1.82, 2.24) is 14.7 Å². The van der Waals surface area contributed by atoms with Gasteiger partial charge in [0.15, 0.2) is 0 Å². The lowest BCUT2D eigenvalue weighted by atomic mass is 10.1. The van der Waals surface area contributed by atoms with Crippen LogP contribution in [-0.4, -0.2) is 45.3 Å². The maximum absolute atomic E-state index is 12.4. The number of aromatic nitrogens is 2. The van der Waals surface area contributed by atoms with E-state index in [0.717, 1.165) is 21.5 Å². The lowest BCUT2D eigenvalue weighted by molar-refractivity contribution is -0.141. The van der Waals surface area contributed by atoms with Gasteiger partial charge in [0.25, 0.3) is 5.91 Å². The van der Waals surface area contributed by atoms with Crippen molar-refractivity contribution in [3.8, 4) is 5.69 Å². The summed E-state index contributed by atoms with van der Waals surface area (Å²) >= 11 is 3.50. The number of amides is 1. The molecule has 1 aromatic heterocycles. The molecule has 0 radical (unpaired) electrons. The Kier molecular flexibility index (Phi) is 5.43. The van der Waals surface area contributed by atoms with Gasteiger partial charge in [0, 0.05) is 19.2 Å². The molecule has 1 atom stereocenters. The highest BCUT2D eigenvalue weighted by molar-refractivity contribution is 9.10. The Morgan fingerprint density at radius 1 is 1.29 bits per heavy atom. The summed E-state index contributed by atoms with van der Waals surface area (Å²) in [6.07, 6.45) is 0. The minimum atomic E-state index is -0.917. The number of carboxylic acids is 1. The van der Waals surface area contributed by atoms with Gasteiger partial charge in [0.2, 0.25) is 0 Å². The fourth-order valence-electron chi connectivity index (χ4n) is 2.41. The van der Waals surface area contributed by atoms with E-state index in [1.807, 2.05) is 30.7 Å². The number of halogens is 1. The van der Waals surface area contributed by atoms with Crippen molar-refractivity contribution in [3.63, 3.8) is 0 Å². The van der Waals surface area contributed by atoms with Crippen LogP contribution in [-0.2, 0) is 4.79 Å². The van der Waals surface area contributed by atoms with Crippen LogP contribution in [0.5, 0.6) is 0 Å². The van der Waals surface area contributed by atoms with Gasteiger partial charge < -0.3 is 10.0 Å². The van der Waals surface area contributed by atoms with Gasteiger partial charge in [0.05, 0.1) is 27.5 Å². The molecule has 6 nitrogen and oxygen atoms in total. The van der Waals surface area contributed by atoms with Crippen molar-refractivity contribution in [2.75, 3.05) is 13.6 Å². The molecule has 1 unspecified atom stereocenters. The third-order valence-electron chi connectivity index (χ3n) is 3.88. The Morgan fingerprint density at radius 3 is 2.33 bits per heavy atom. The molecular formula is C17H20BrN3O3. The SMILES string of the molecule is Cc1nn(-c2ccc(C(=O)N(C)CC(C)C(=O)O)cc2)c(C)c1Br. The molecule has 0 aliphatic rings. The summed E-state index contributed by atoms with van der Waals surface area (Å²) < 4.78 is 2.77. The average molecular weight is 394 g/mol. The van der Waals surface area contributed by atoms with Crippen LogP contribution >= 0.6 is 15.9 Å². The summed E-state index contributed by atoms with van der Waals surface area (Å²) in [5.74, 6) is -1.73. The van der Waals surface area contributed by atoms with Crippen molar-refractivity contribution in [2.24, 2.45) is 5.92 Å². The quantitative estimate of drug-likeness (QED) is 0.846. The van der Waals surface area contributed by atoms with Gasteiger partial charge in [-0.2, -0.15) is 5.10 Å². The monoisotopic (exact) mass is 393 g/mol. The predicted octanol–water partition coefficient (Wildman–Crippen LogP) is 3.04. The van der Waals surface area contributed by atoms with E-state index in [1.54, 1.807) is 26.1 Å². The third-order valence-corrected chi connectivity index (χ3v) is 5.03. The number of rotatable bonds is 5. The van der Waals surface area contributed by atoms with Crippen LogP contribution < -0.4 is 0 Å². The largest absolute Gasteiger partial charge is 0.481 e. The van der Waals surface area contributed by atoms with Gasteiger partial charge in [-0.15, -0.1) is 0 Å². The number of carboxylic acid groups (broad SMARTS) is 1. The Labute approximate surface area is 149 Å². The van der Waals surface area contributed by atoms with Crippen LogP contribution in [0.15, 0.2) is 28.7 Å². The molecule has 0 spiro atoms. The van der Waals surface area contributed by atoms with E-state index in [1.165, 1.54) is 4.90 Å². The number of hydrogen-bond acceptors (Lipinski definition) is 3. The van der Waals surface area contributed by atoms with Crippen LogP contribution in [0, 0.1) is 19.8 Å². The molecule has 0 fully saturated rings. The lowest BCUT2D eigenvalue weighted by Crippen LogP contribution is -2.33. The van der Waals surface area contributed by atoms with Crippen LogP contribution in [0.1, 0.15) is 28.7 Å². The van der Waals surface area contributed by atoms with Crippen LogP contribution in [0.25, 0.3) is 5.69 Å². The molecule has 1 heterocycles. The molecular weight excluding hydrogens is 374 g/mol. The fraction of sp³-hybridized carbons (Fsp3) is 0.353. The van der Waals surface area contributed by atoms with Crippen molar-refractivity contribution in [2.45, 2.75) is 20.8 Å². The van der Waals surface area contributed by atoms with E-state index in [2.05, 4.69) is 21.0 Å². The van der Waals surface area contributed by atoms with Crippen molar-refractivity contribution >= 4 is 27.8 Å². The van der Waals surface area contributed by atoms with E-state index >= 15 is 0 Å². The Balaban J connectivity index is 2.18. The molecule has 1 N–H and O–H groups in total. The van der Waals surface area contributed by atoms with E-state index in [-0.39, 0.29) is 12.5 Å². The first-order valence-electron chi connectivity index (χ1n) is 7.52. The molecule has 128 valence electrons. The molecule has 1 amide bonds. The Hall–Kier alpha value is -2.15. The van der Waals surface area contributed by atoms with Crippen molar-refractivity contribution in [1.29, 1.82) is 0 Å².